The maximum Gasteiger partial charge on any atom is 0.123 e. The third kappa shape index (κ3) is 1.72. The largest absolute Gasteiger partial charge is 0.384 e. The number of nitrogens with two attached hydrogens (primary N) is 1. The molecule has 0 aliphatic heterocycles. The highest BCUT2D eigenvalue weighted by Gasteiger charge is 1.90. The predicted octanol–water partition coefficient (Wildman–Crippen LogP) is 1.62. The van der Waals surface area contributed by atoms with Crippen molar-refractivity contribution in [2.24, 2.45) is 0 Å². The molecule has 1 rings (SSSR count). The Hall–Kier alpha value is -1.05. The highest BCUT2D eigenvalue weighted by molar-refractivity contribution is 5.31. The van der Waals surface area contributed by atoms with Crippen LogP contribution in [0.25, 0.3) is 0 Å². The van der Waals surface area contributed by atoms with E-state index in [4.69, 9.17) is 19.4 Å². The van der Waals surface area contributed by atoms with Crippen LogP contribution in [0.4, 0.5) is 5.82 Å². The first-order valence-corrected chi connectivity index (χ1v) is 2.49. The summed E-state index contributed by atoms with van der Waals surface area (Å²) < 4.78 is 74.2. The van der Waals surface area contributed by atoms with Crippen LogP contribution in [0.15, 0.2) is 18.3 Å². The van der Waals surface area contributed by atoms with Gasteiger partial charge in [-0.25, -0.2) is 4.98 Å². The predicted molar refractivity (Wildman–Crippen MR) is 42.6 cm³/mol. The highest BCUT2D eigenvalue weighted by Crippen LogP contribution is 2.04. The van der Waals surface area contributed by atoms with Crippen LogP contribution < -0.4 is 5.73 Å². The molecule has 1 aromatic rings. The summed E-state index contributed by atoms with van der Waals surface area (Å²) in [7, 11) is 0. The van der Waals surface area contributed by atoms with Gasteiger partial charge in [0.15, 0.2) is 0 Å². The van der Waals surface area contributed by atoms with E-state index in [2.05, 4.69) is 4.98 Å². The molecule has 2 nitrogen and oxygen atoms in total. The van der Waals surface area contributed by atoms with E-state index in [-0.39, 0.29) is 0 Å². The van der Waals surface area contributed by atoms with Gasteiger partial charge < -0.3 is 5.73 Å². The van der Waals surface area contributed by atoms with E-state index in [9.17, 15) is 0 Å². The molecule has 0 saturated heterocycles. The number of hydrogen-bond acceptors (Lipinski definition) is 2. The van der Waals surface area contributed by atoms with E-state index < -0.39 is 49.2 Å². The second-order valence-corrected chi connectivity index (χ2v) is 1.48. The number of nitrogen functional groups attached to an aromatic ring is 1. The first-order chi connectivity index (χ1) is 8.75. The van der Waals surface area contributed by atoms with Crippen LogP contribution in [0.3, 0.4) is 0 Å². The fourth-order valence-electron chi connectivity index (χ4n) is 0.456. The lowest BCUT2D eigenvalue weighted by atomic mass is 10.1. The molecule has 0 spiro atoms. The Kier molecular flexibility index (Phi) is 0.504. The number of pyridine rings is 1. The van der Waals surface area contributed by atoms with Crippen LogP contribution >= 0.6 is 0 Å². The Morgan fingerprint density at radius 3 is 3.70 bits per heavy atom. The summed E-state index contributed by atoms with van der Waals surface area (Å²) in [5.41, 5.74) is 4.42. The van der Waals surface area contributed by atoms with Crippen molar-refractivity contribution in [3.63, 3.8) is 0 Å². The maximum atomic E-state index is 7.73. The fourth-order valence-corrected chi connectivity index (χ4v) is 0.456. The molecule has 0 bridgehead atoms. The lowest BCUT2D eigenvalue weighted by Gasteiger charge is -1.97. The zero-order chi connectivity index (χ0) is 16.1. The first-order valence-electron chi connectivity index (χ1n) is 7.49. The molecule has 0 fully saturated rings. The first kappa shape index (κ1) is 1.58. The van der Waals surface area contributed by atoms with E-state index in [0.29, 0.717) is 0 Å². The normalized spacial score (nSPS) is 28.4. The minimum absolute atomic E-state index is 0.564. The molecular formula is C8H12N2. The zero-order valence-corrected chi connectivity index (χ0v) is 5.02. The van der Waals surface area contributed by atoms with E-state index in [1.807, 2.05) is 0 Å². The molecule has 2 N–H and O–H groups in total. The van der Waals surface area contributed by atoms with Crippen LogP contribution in [0, 0.1) is 0 Å². The third-order valence-corrected chi connectivity index (χ3v) is 0.798. The second kappa shape index (κ2) is 3.20. The Morgan fingerprint density at radius 2 is 2.90 bits per heavy atom. The third-order valence-electron chi connectivity index (χ3n) is 0.798. The van der Waals surface area contributed by atoms with Gasteiger partial charge in [0.1, 0.15) is 5.82 Å². The van der Waals surface area contributed by atoms with E-state index >= 15 is 0 Å². The molecule has 0 aromatic carbocycles. The summed E-state index contributed by atoms with van der Waals surface area (Å²) in [6, 6.07) is -1.65. The van der Waals surface area contributed by atoms with Gasteiger partial charge in [-0.15, -0.1) is 0 Å². The number of aromatic nitrogens is 1. The summed E-state index contributed by atoms with van der Waals surface area (Å²) in [6.07, 6.45) is -7.33. The number of hydrogen-bond donors (Lipinski definition) is 1. The van der Waals surface area contributed by atoms with Gasteiger partial charge >= 0.3 is 0 Å². The van der Waals surface area contributed by atoms with Gasteiger partial charge in [0, 0.05) is 15.8 Å². The molecule has 0 radical (unpaired) electrons. The lowest BCUT2D eigenvalue weighted by molar-refractivity contribution is 0.919. The van der Waals surface area contributed by atoms with E-state index in [1.54, 1.807) is 0 Å². The zero-order valence-electron chi connectivity index (χ0n) is 15.0. The van der Waals surface area contributed by atoms with Crippen molar-refractivity contribution in [3.8, 4) is 0 Å². The minimum Gasteiger partial charge on any atom is -0.384 e. The molecule has 0 aliphatic carbocycles. The van der Waals surface area contributed by atoms with Gasteiger partial charge in [0.2, 0.25) is 0 Å². The number of nitrogens with zero attached hydrogens (tertiary/aromatic N) is 1. The molecular weight excluding hydrogens is 124 g/mol. The van der Waals surface area contributed by atoms with Gasteiger partial charge in [-0.1, -0.05) is 13.2 Å². The maximum absolute atomic E-state index is 7.73. The molecule has 1 aromatic heterocycles. The standard InChI is InChI=1S/C8H12N2/c1-2-3-7-4-5-10-8(9)6-7/h4-6H,2-3H2,1H3,(H2,9,10)/i1D3,2D2,3D2,4D,5D,6D. The Morgan fingerprint density at radius 1 is 2.00 bits per heavy atom. The van der Waals surface area contributed by atoms with E-state index in [1.165, 1.54) is 0 Å². The summed E-state index contributed by atoms with van der Waals surface area (Å²) in [5, 5.41) is 0. The quantitative estimate of drug-likeness (QED) is 0.688. The van der Waals surface area contributed by atoms with Crippen LogP contribution in [0.2, 0.25) is 0 Å². The molecule has 2 heteroatoms. The molecule has 54 valence electrons. The monoisotopic (exact) mass is 146 g/mol. The summed E-state index contributed by atoms with van der Waals surface area (Å²) >= 11 is 0. The average Bonchev–Trinajstić information content (AvgIpc) is 2.24. The van der Waals surface area contributed by atoms with Crippen molar-refractivity contribution < 1.29 is 13.7 Å². The summed E-state index contributed by atoms with van der Waals surface area (Å²) in [5.74, 6) is -0.564. The summed E-state index contributed by atoms with van der Waals surface area (Å²) in [6.45, 7) is -3.32. The van der Waals surface area contributed by atoms with Gasteiger partial charge in [-0.2, -0.15) is 0 Å². The Balaban J connectivity index is 3.67. The van der Waals surface area contributed by atoms with E-state index in [0.717, 1.165) is 0 Å². The molecule has 0 saturated carbocycles. The Bertz CT molecular complexity index is 509. The molecule has 0 unspecified atom stereocenters. The average molecular weight is 146 g/mol. The van der Waals surface area contributed by atoms with Crippen molar-refractivity contribution >= 4 is 5.82 Å². The smallest absolute Gasteiger partial charge is 0.123 e. The topological polar surface area (TPSA) is 38.9 Å². The van der Waals surface area contributed by atoms with Gasteiger partial charge in [-0.3, -0.25) is 0 Å². The summed E-state index contributed by atoms with van der Waals surface area (Å²) in [4.78, 5) is 3.33. The highest BCUT2D eigenvalue weighted by atomic mass is 14.8. The van der Waals surface area contributed by atoms with Gasteiger partial charge in [0.05, 0.1) is 4.11 Å². The van der Waals surface area contributed by atoms with Crippen molar-refractivity contribution in [2.45, 2.75) is 19.6 Å². The van der Waals surface area contributed by atoms with Gasteiger partial charge in [0.25, 0.3) is 0 Å². The van der Waals surface area contributed by atoms with Crippen LogP contribution in [0.5, 0.6) is 0 Å². The van der Waals surface area contributed by atoms with Crippen molar-refractivity contribution in [2.75, 3.05) is 5.73 Å². The van der Waals surface area contributed by atoms with Crippen molar-refractivity contribution in [3.05, 3.63) is 23.8 Å². The Labute approximate surface area is 75.1 Å². The molecule has 0 aliphatic rings. The van der Waals surface area contributed by atoms with Crippen LogP contribution in [0.1, 0.15) is 32.5 Å². The van der Waals surface area contributed by atoms with Gasteiger partial charge in [-0.05, 0) is 24.0 Å². The number of anilines is 1. The molecule has 10 heavy (non-hydrogen) atoms. The SMILES string of the molecule is [2H]c1nc(N)c([2H])c(C([2H])([2H])C([2H])([2H])C([2H])([2H])[2H])c1[2H]. The molecule has 0 amide bonds. The molecule has 0 atom stereocenters. The minimum atomic E-state index is -3.37. The van der Waals surface area contributed by atoms with Crippen molar-refractivity contribution in [1.29, 1.82) is 0 Å². The van der Waals surface area contributed by atoms with Crippen LogP contribution in [-0.2, 0) is 6.37 Å². The lowest BCUT2D eigenvalue weighted by Crippen LogP contribution is -1.91. The van der Waals surface area contributed by atoms with Crippen molar-refractivity contribution in [1.82, 2.24) is 4.98 Å². The second-order valence-electron chi connectivity index (χ2n) is 1.48. The fraction of sp³-hybridized carbons (Fsp3) is 0.375. The molecule has 1 heterocycles. The van der Waals surface area contributed by atoms with Crippen LogP contribution in [-0.4, -0.2) is 4.98 Å². The number of rotatable bonds is 2.